The zero-order valence-corrected chi connectivity index (χ0v) is 5.03. The molecule has 0 saturated carbocycles. The van der Waals surface area contributed by atoms with Gasteiger partial charge in [0, 0.05) is 7.11 Å². The molecule has 0 aromatic carbocycles. The summed E-state index contributed by atoms with van der Waals surface area (Å²) in [6, 6.07) is 0. The van der Waals surface area contributed by atoms with Crippen molar-refractivity contribution in [2.75, 3.05) is 13.7 Å². The number of carbonyl (C=O) groups is 1. The van der Waals surface area contributed by atoms with Crippen molar-refractivity contribution >= 4 is 5.97 Å². The molecule has 0 rings (SSSR count). The van der Waals surface area contributed by atoms with Gasteiger partial charge in [0.2, 0.25) is 0 Å². The maximum absolute atomic E-state index is 10.0. The highest BCUT2D eigenvalue weighted by Crippen LogP contribution is 1.86. The summed E-state index contributed by atoms with van der Waals surface area (Å²) < 4.78 is 4.47. The first-order chi connectivity index (χ1) is 4.22. The minimum absolute atomic E-state index is 0.0359. The van der Waals surface area contributed by atoms with Crippen LogP contribution in [0.1, 0.15) is 0 Å². The molecule has 3 N–H and O–H groups in total. The number of hydrogen-bond donors (Lipinski definition) is 2. The van der Waals surface area contributed by atoms with Gasteiger partial charge in [0.05, 0.1) is 6.61 Å². The summed E-state index contributed by atoms with van der Waals surface area (Å²) in [6.45, 7) is -0.0359. The molecule has 0 heterocycles. The first kappa shape index (κ1) is 8.35. The second kappa shape index (κ2) is 4.25. The summed E-state index contributed by atoms with van der Waals surface area (Å²) in [5, 5.41) is 8.22. The Balaban J connectivity index is 3.54. The first-order valence-corrected chi connectivity index (χ1v) is 2.29. The van der Waals surface area contributed by atoms with Gasteiger partial charge in [-0.1, -0.05) is 0 Å². The van der Waals surface area contributed by atoms with E-state index in [4.69, 9.17) is 5.11 Å². The van der Waals surface area contributed by atoms with Crippen LogP contribution in [0.25, 0.3) is 0 Å². The van der Waals surface area contributed by atoms with Gasteiger partial charge >= 0.3 is 5.97 Å². The second-order valence-electron chi connectivity index (χ2n) is 1.42. The fraction of sp³-hybridized carbons (Fsp3) is 0.750. The Morgan fingerprint density at radius 3 is 2.56 bits per heavy atom. The molecule has 0 aromatic heterocycles. The van der Waals surface area contributed by atoms with Gasteiger partial charge in [-0.25, -0.2) is 10.7 Å². The Hall–Kier alpha value is -0.650. The third-order valence-corrected chi connectivity index (χ3v) is 0.758. The average molecular weight is 135 g/mol. The third-order valence-electron chi connectivity index (χ3n) is 0.758. The molecule has 0 radical (unpaired) electrons. The minimum Gasteiger partial charge on any atom is -0.479 e. The quantitative estimate of drug-likeness (QED) is 0.482. The third kappa shape index (κ3) is 3.02. The minimum atomic E-state index is -1.13. The Kier molecular flexibility index (Phi) is 3.94. The molecule has 9 heavy (non-hydrogen) atoms. The highest BCUT2D eigenvalue weighted by atomic mass is 16.6. The molecule has 0 amide bonds. The fourth-order valence-corrected chi connectivity index (χ4v) is 0.320. The van der Waals surface area contributed by atoms with Crippen LogP contribution in [0, 0.1) is 0 Å². The molecule has 5 heteroatoms. The second-order valence-corrected chi connectivity index (χ2v) is 1.42. The number of methoxy groups -OCH3 is 1. The Bertz CT molecular complexity index is 94.6. The van der Waals surface area contributed by atoms with Crippen molar-refractivity contribution in [2.45, 2.75) is 6.10 Å². The number of carboxylic acids is 1. The summed E-state index contributed by atoms with van der Waals surface area (Å²) >= 11 is 0. The van der Waals surface area contributed by atoms with Crippen LogP contribution in [0.4, 0.5) is 0 Å². The van der Waals surface area contributed by atoms with Crippen LogP contribution in [-0.4, -0.2) is 30.9 Å². The number of ether oxygens (including phenoxy) is 1. The monoisotopic (exact) mass is 135 g/mol. The van der Waals surface area contributed by atoms with Crippen molar-refractivity contribution in [3.63, 3.8) is 0 Å². The molecular weight excluding hydrogens is 126 g/mol. The smallest absolute Gasteiger partial charge is 0.337 e. The fourth-order valence-electron chi connectivity index (χ4n) is 0.320. The number of rotatable bonds is 4. The van der Waals surface area contributed by atoms with Gasteiger partial charge in [0.1, 0.15) is 0 Å². The van der Waals surface area contributed by atoms with Crippen LogP contribution in [0.15, 0.2) is 0 Å². The van der Waals surface area contributed by atoms with Crippen molar-refractivity contribution in [1.29, 1.82) is 0 Å². The number of hydrogen-bond acceptors (Lipinski definition) is 4. The van der Waals surface area contributed by atoms with E-state index in [1.165, 1.54) is 7.11 Å². The van der Waals surface area contributed by atoms with Crippen molar-refractivity contribution in [1.82, 2.24) is 0 Å². The van der Waals surface area contributed by atoms with Crippen LogP contribution < -0.4 is 5.90 Å². The van der Waals surface area contributed by atoms with Gasteiger partial charge in [-0.3, -0.25) is 4.84 Å². The van der Waals surface area contributed by atoms with Crippen LogP contribution in [0.3, 0.4) is 0 Å². The maximum atomic E-state index is 10.0. The summed E-state index contributed by atoms with van der Waals surface area (Å²) in [6.07, 6.45) is -1.06. The van der Waals surface area contributed by atoms with E-state index in [0.717, 1.165) is 0 Å². The molecule has 0 aliphatic carbocycles. The zero-order valence-electron chi connectivity index (χ0n) is 5.03. The Labute approximate surface area is 52.3 Å². The normalized spacial score (nSPS) is 13.1. The summed E-state index contributed by atoms with van der Waals surface area (Å²) in [5.74, 6) is 3.47. The molecule has 0 aromatic rings. The van der Waals surface area contributed by atoms with Gasteiger partial charge in [0.25, 0.3) is 0 Å². The van der Waals surface area contributed by atoms with Gasteiger partial charge < -0.3 is 9.84 Å². The van der Waals surface area contributed by atoms with Gasteiger partial charge in [-0.2, -0.15) is 0 Å². The Morgan fingerprint density at radius 1 is 1.89 bits per heavy atom. The predicted octanol–water partition coefficient (Wildman–Crippen LogP) is -1.02. The zero-order chi connectivity index (χ0) is 7.28. The van der Waals surface area contributed by atoms with Crippen LogP contribution in [0.2, 0.25) is 0 Å². The summed E-state index contributed by atoms with van der Waals surface area (Å²) in [4.78, 5) is 14.1. The molecule has 5 nitrogen and oxygen atoms in total. The van der Waals surface area contributed by atoms with E-state index in [1.807, 2.05) is 0 Å². The SMILES string of the molecule is COCC(ON)C(=O)O. The molecule has 0 spiro atoms. The summed E-state index contributed by atoms with van der Waals surface area (Å²) in [5.41, 5.74) is 0. The number of nitrogens with two attached hydrogens (primary N) is 1. The van der Waals surface area contributed by atoms with E-state index in [-0.39, 0.29) is 6.61 Å². The molecule has 1 unspecified atom stereocenters. The molecular formula is C4H9NO4. The Morgan fingerprint density at radius 2 is 2.44 bits per heavy atom. The molecule has 0 bridgehead atoms. The standard InChI is InChI=1S/C4H9NO4/c1-8-2-3(9-5)4(6)7/h3H,2,5H2,1H3,(H,6,7). The highest BCUT2D eigenvalue weighted by molar-refractivity contribution is 5.72. The van der Waals surface area contributed by atoms with Gasteiger partial charge in [0.15, 0.2) is 6.10 Å². The number of carboxylic acid groups (broad SMARTS) is 1. The van der Waals surface area contributed by atoms with Crippen LogP contribution in [0.5, 0.6) is 0 Å². The lowest BCUT2D eigenvalue weighted by atomic mass is 10.4. The molecule has 0 aliphatic rings. The average Bonchev–Trinajstić information content (AvgIpc) is 1.82. The van der Waals surface area contributed by atoms with Crippen molar-refractivity contribution in [3.05, 3.63) is 0 Å². The molecule has 0 saturated heterocycles. The van der Waals surface area contributed by atoms with E-state index in [2.05, 4.69) is 15.5 Å². The molecule has 0 fully saturated rings. The first-order valence-electron chi connectivity index (χ1n) is 2.29. The van der Waals surface area contributed by atoms with Crippen LogP contribution >= 0.6 is 0 Å². The van der Waals surface area contributed by atoms with E-state index in [0.29, 0.717) is 0 Å². The summed E-state index contributed by atoms with van der Waals surface area (Å²) in [7, 11) is 1.37. The van der Waals surface area contributed by atoms with Crippen LogP contribution in [-0.2, 0) is 14.4 Å². The number of aliphatic carboxylic acids is 1. The lowest BCUT2D eigenvalue weighted by Gasteiger charge is -2.06. The molecule has 1 atom stereocenters. The largest absolute Gasteiger partial charge is 0.479 e. The predicted molar refractivity (Wildman–Crippen MR) is 28.6 cm³/mol. The van der Waals surface area contributed by atoms with Crippen molar-refractivity contribution < 1.29 is 19.5 Å². The topological polar surface area (TPSA) is 81.8 Å². The van der Waals surface area contributed by atoms with Gasteiger partial charge in [-0.05, 0) is 0 Å². The van der Waals surface area contributed by atoms with E-state index >= 15 is 0 Å². The van der Waals surface area contributed by atoms with E-state index in [1.54, 1.807) is 0 Å². The molecule has 54 valence electrons. The highest BCUT2D eigenvalue weighted by Gasteiger charge is 2.15. The van der Waals surface area contributed by atoms with Crippen molar-refractivity contribution in [2.24, 2.45) is 5.90 Å². The lowest BCUT2D eigenvalue weighted by molar-refractivity contribution is -0.154. The van der Waals surface area contributed by atoms with Crippen molar-refractivity contribution in [3.8, 4) is 0 Å². The van der Waals surface area contributed by atoms with Gasteiger partial charge in [-0.15, -0.1) is 0 Å². The maximum Gasteiger partial charge on any atom is 0.337 e. The van der Waals surface area contributed by atoms with E-state index in [9.17, 15) is 4.79 Å². The van der Waals surface area contributed by atoms with E-state index < -0.39 is 12.1 Å². The lowest BCUT2D eigenvalue weighted by Crippen LogP contribution is -2.31. The molecule has 0 aliphatic heterocycles.